The molecule has 0 aromatic heterocycles. The third kappa shape index (κ3) is 4.42. The first-order valence-electron chi connectivity index (χ1n) is 5.35. The molecule has 2 unspecified atom stereocenters. The van der Waals surface area contributed by atoms with Crippen LogP contribution in [-0.4, -0.2) is 23.7 Å². The zero-order valence-corrected chi connectivity index (χ0v) is 9.39. The molecule has 0 spiro atoms. The fraction of sp³-hybridized carbons (Fsp3) is 0.417. The van der Waals surface area contributed by atoms with Gasteiger partial charge in [-0.15, -0.1) is 0 Å². The second-order valence-corrected chi connectivity index (χ2v) is 3.90. The van der Waals surface area contributed by atoms with Crippen molar-refractivity contribution in [3.8, 4) is 0 Å². The van der Waals surface area contributed by atoms with E-state index in [1.807, 2.05) is 37.3 Å². The lowest BCUT2D eigenvalue weighted by atomic mass is 10.1. The Balaban J connectivity index is 2.35. The van der Waals surface area contributed by atoms with Gasteiger partial charge in [0.05, 0.1) is 6.42 Å². The van der Waals surface area contributed by atoms with Crippen LogP contribution >= 0.6 is 0 Å². The maximum absolute atomic E-state index is 10.4. The van der Waals surface area contributed by atoms with Crippen LogP contribution in [0.15, 0.2) is 30.3 Å². The largest absolute Gasteiger partial charge is 0.481 e. The molecule has 1 rings (SSSR count). The van der Waals surface area contributed by atoms with Gasteiger partial charge in [-0.1, -0.05) is 30.3 Å². The molecule has 0 amide bonds. The zero-order chi connectivity index (χ0) is 12.0. The van der Waals surface area contributed by atoms with Gasteiger partial charge in [-0.05, 0) is 12.5 Å². The van der Waals surface area contributed by atoms with E-state index in [0.29, 0.717) is 6.54 Å². The molecule has 0 aliphatic heterocycles. The highest BCUT2D eigenvalue weighted by atomic mass is 16.4. The number of carbonyl (C=O) groups is 1. The summed E-state index contributed by atoms with van der Waals surface area (Å²) in [5.74, 6) is -0.860. The number of nitrogens with two attached hydrogens (primary N) is 1. The van der Waals surface area contributed by atoms with Crippen molar-refractivity contribution in [1.82, 2.24) is 5.32 Å². The lowest BCUT2D eigenvalue weighted by Crippen LogP contribution is -2.36. The Hall–Kier alpha value is -1.39. The summed E-state index contributed by atoms with van der Waals surface area (Å²) in [5.41, 5.74) is 6.83. The molecule has 4 nitrogen and oxygen atoms in total. The van der Waals surface area contributed by atoms with Crippen molar-refractivity contribution in [2.24, 2.45) is 5.73 Å². The highest BCUT2D eigenvalue weighted by molar-refractivity contribution is 5.67. The van der Waals surface area contributed by atoms with Crippen molar-refractivity contribution in [1.29, 1.82) is 0 Å². The smallest absolute Gasteiger partial charge is 0.304 e. The van der Waals surface area contributed by atoms with Crippen molar-refractivity contribution in [2.75, 3.05) is 6.54 Å². The van der Waals surface area contributed by atoms with E-state index < -0.39 is 5.97 Å². The zero-order valence-electron chi connectivity index (χ0n) is 9.39. The number of aliphatic carboxylic acids is 1. The second-order valence-electron chi connectivity index (χ2n) is 3.90. The first-order chi connectivity index (χ1) is 7.59. The molecular weight excluding hydrogens is 204 g/mol. The minimum absolute atomic E-state index is 0.00545. The predicted molar refractivity (Wildman–Crippen MR) is 63.1 cm³/mol. The number of carboxylic acids is 1. The SMILES string of the molecule is CC(NCC(N)CC(=O)O)c1ccccc1. The molecule has 0 saturated carbocycles. The number of nitrogens with one attached hydrogen (secondary N) is 1. The van der Waals surface area contributed by atoms with E-state index in [2.05, 4.69) is 5.32 Å². The van der Waals surface area contributed by atoms with Gasteiger partial charge in [0.2, 0.25) is 0 Å². The van der Waals surface area contributed by atoms with Crippen LogP contribution in [-0.2, 0) is 4.79 Å². The topological polar surface area (TPSA) is 75.3 Å². The maximum Gasteiger partial charge on any atom is 0.304 e. The Labute approximate surface area is 95.5 Å². The quantitative estimate of drug-likeness (QED) is 0.674. The molecule has 4 heteroatoms. The number of hydrogen-bond acceptors (Lipinski definition) is 3. The van der Waals surface area contributed by atoms with E-state index in [4.69, 9.17) is 10.8 Å². The third-order valence-corrected chi connectivity index (χ3v) is 2.42. The van der Waals surface area contributed by atoms with Crippen molar-refractivity contribution < 1.29 is 9.90 Å². The van der Waals surface area contributed by atoms with Crippen LogP contribution in [0.1, 0.15) is 24.9 Å². The van der Waals surface area contributed by atoms with Gasteiger partial charge in [0, 0.05) is 18.6 Å². The Bertz CT molecular complexity index is 327. The van der Waals surface area contributed by atoms with Crippen LogP contribution in [0.25, 0.3) is 0 Å². The molecule has 16 heavy (non-hydrogen) atoms. The average molecular weight is 222 g/mol. The molecule has 1 aromatic rings. The first kappa shape index (κ1) is 12.7. The normalized spacial score (nSPS) is 14.4. The molecule has 0 saturated heterocycles. The highest BCUT2D eigenvalue weighted by Crippen LogP contribution is 2.10. The minimum Gasteiger partial charge on any atom is -0.481 e. The van der Waals surface area contributed by atoms with Crippen molar-refractivity contribution >= 4 is 5.97 Å². The van der Waals surface area contributed by atoms with E-state index in [1.54, 1.807) is 0 Å². The third-order valence-electron chi connectivity index (χ3n) is 2.42. The average Bonchev–Trinajstić information content (AvgIpc) is 2.26. The van der Waals surface area contributed by atoms with E-state index in [-0.39, 0.29) is 18.5 Å². The molecule has 0 fully saturated rings. The van der Waals surface area contributed by atoms with Gasteiger partial charge in [-0.2, -0.15) is 0 Å². The lowest BCUT2D eigenvalue weighted by Gasteiger charge is -2.17. The van der Waals surface area contributed by atoms with Gasteiger partial charge in [0.15, 0.2) is 0 Å². The van der Waals surface area contributed by atoms with Crippen LogP contribution < -0.4 is 11.1 Å². The van der Waals surface area contributed by atoms with Gasteiger partial charge in [-0.25, -0.2) is 0 Å². The number of carboxylic acid groups (broad SMARTS) is 1. The summed E-state index contributed by atoms with van der Waals surface area (Å²) in [6.07, 6.45) is -0.00545. The maximum atomic E-state index is 10.4. The van der Waals surface area contributed by atoms with E-state index >= 15 is 0 Å². The highest BCUT2D eigenvalue weighted by Gasteiger charge is 2.10. The van der Waals surface area contributed by atoms with Gasteiger partial charge >= 0.3 is 5.97 Å². The summed E-state index contributed by atoms with van der Waals surface area (Å²) < 4.78 is 0. The molecule has 88 valence electrons. The van der Waals surface area contributed by atoms with Crippen molar-refractivity contribution in [2.45, 2.75) is 25.4 Å². The summed E-state index contributed by atoms with van der Waals surface area (Å²) in [5, 5.41) is 11.8. The fourth-order valence-corrected chi connectivity index (χ4v) is 1.48. The van der Waals surface area contributed by atoms with Crippen molar-refractivity contribution in [3.63, 3.8) is 0 Å². The first-order valence-corrected chi connectivity index (χ1v) is 5.35. The lowest BCUT2D eigenvalue weighted by molar-refractivity contribution is -0.137. The summed E-state index contributed by atoms with van der Waals surface area (Å²) in [6, 6.07) is 9.81. The standard InChI is InChI=1S/C12H18N2O2/c1-9(10-5-3-2-4-6-10)14-8-11(13)7-12(15)16/h2-6,9,11,14H,7-8,13H2,1H3,(H,15,16). The van der Waals surface area contributed by atoms with Crippen LogP contribution in [0, 0.1) is 0 Å². The predicted octanol–water partition coefficient (Wildman–Crippen LogP) is 1.14. The fourth-order valence-electron chi connectivity index (χ4n) is 1.48. The second kappa shape index (κ2) is 6.25. The summed E-state index contributed by atoms with van der Waals surface area (Å²) >= 11 is 0. The summed E-state index contributed by atoms with van der Waals surface area (Å²) in [7, 11) is 0. The molecule has 0 heterocycles. The Kier molecular flexibility index (Phi) is 4.95. The summed E-state index contributed by atoms with van der Waals surface area (Å²) in [4.78, 5) is 10.4. The van der Waals surface area contributed by atoms with Gasteiger partial charge in [-0.3, -0.25) is 4.79 Å². The molecule has 0 aliphatic carbocycles. The Morgan fingerprint density at radius 1 is 1.44 bits per heavy atom. The Morgan fingerprint density at radius 3 is 2.62 bits per heavy atom. The van der Waals surface area contributed by atoms with Gasteiger partial charge in [0.1, 0.15) is 0 Å². The molecule has 0 radical (unpaired) electrons. The van der Waals surface area contributed by atoms with Crippen LogP contribution in [0.3, 0.4) is 0 Å². The number of rotatable bonds is 6. The van der Waals surface area contributed by atoms with Crippen LogP contribution in [0.2, 0.25) is 0 Å². The molecule has 0 aliphatic rings. The van der Waals surface area contributed by atoms with Crippen LogP contribution in [0.5, 0.6) is 0 Å². The molecular formula is C12H18N2O2. The number of benzene rings is 1. The molecule has 2 atom stereocenters. The van der Waals surface area contributed by atoms with Crippen molar-refractivity contribution in [3.05, 3.63) is 35.9 Å². The summed E-state index contributed by atoms with van der Waals surface area (Å²) in [6.45, 7) is 2.53. The van der Waals surface area contributed by atoms with Gasteiger partial charge < -0.3 is 16.2 Å². The van der Waals surface area contributed by atoms with Gasteiger partial charge in [0.25, 0.3) is 0 Å². The molecule has 0 bridgehead atoms. The minimum atomic E-state index is -0.860. The van der Waals surface area contributed by atoms with E-state index in [0.717, 1.165) is 0 Å². The number of hydrogen-bond donors (Lipinski definition) is 3. The van der Waals surface area contributed by atoms with E-state index in [9.17, 15) is 4.79 Å². The van der Waals surface area contributed by atoms with E-state index in [1.165, 1.54) is 5.56 Å². The van der Waals surface area contributed by atoms with Crippen LogP contribution in [0.4, 0.5) is 0 Å². The Morgan fingerprint density at radius 2 is 2.06 bits per heavy atom. The molecule has 4 N–H and O–H groups in total. The monoisotopic (exact) mass is 222 g/mol. The molecule has 1 aromatic carbocycles.